The maximum absolute atomic E-state index is 11.8. The molecule has 1 amide bonds. The molecule has 1 aliphatic heterocycles. The van der Waals surface area contributed by atoms with Crippen molar-refractivity contribution in [3.05, 3.63) is 0 Å². The molecule has 2 rings (SSSR count). The standard InChI is InChI=1S/C14H23NO4S/c1-13(2,3)19-12(18)15-7-10(8-15)20-9-14(4-5-14)6-11(16)17/h10H,4-9H2,1-3H3,(H,16,17). The van der Waals surface area contributed by atoms with Crippen LogP contribution in [-0.2, 0) is 9.53 Å². The van der Waals surface area contributed by atoms with Crippen molar-refractivity contribution < 1.29 is 19.4 Å². The van der Waals surface area contributed by atoms with E-state index < -0.39 is 11.6 Å². The van der Waals surface area contributed by atoms with Gasteiger partial charge in [0.1, 0.15) is 5.60 Å². The zero-order valence-corrected chi connectivity index (χ0v) is 13.2. The summed E-state index contributed by atoms with van der Waals surface area (Å²) in [5.74, 6) is 0.193. The first-order valence-corrected chi connectivity index (χ1v) is 8.05. The second-order valence-electron chi connectivity index (χ2n) is 6.89. The third kappa shape index (κ3) is 4.30. The molecule has 0 unspecified atom stereocenters. The summed E-state index contributed by atoms with van der Waals surface area (Å²) in [6.07, 6.45) is 2.08. The quantitative estimate of drug-likeness (QED) is 0.845. The van der Waals surface area contributed by atoms with Crippen molar-refractivity contribution in [3.63, 3.8) is 0 Å². The number of ether oxygens (including phenoxy) is 1. The maximum atomic E-state index is 11.8. The van der Waals surface area contributed by atoms with E-state index in [-0.39, 0.29) is 17.9 Å². The summed E-state index contributed by atoms with van der Waals surface area (Å²) < 4.78 is 5.30. The zero-order chi connectivity index (χ0) is 15.0. The SMILES string of the molecule is CC(C)(C)OC(=O)N1CC(SCC2(CC(=O)O)CC2)C1. The highest BCUT2D eigenvalue weighted by atomic mass is 32.2. The number of aliphatic carboxylic acids is 1. The van der Waals surface area contributed by atoms with Crippen LogP contribution in [0.25, 0.3) is 0 Å². The van der Waals surface area contributed by atoms with Crippen molar-refractivity contribution in [2.45, 2.75) is 50.9 Å². The lowest BCUT2D eigenvalue weighted by molar-refractivity contribution is -0.138. The average molecular weight is 301 g/mol. The van der Waals surface area contributed by atoms with E-state index in [9.17, 15) is 9.59 Å². The van der Waals surface area contributed by atoms with Crippen LogP contribution in [0.5, 0.6) is 0 Å². The number of amides is 1. The van der Waals surface area contributed by atoms with Crippen molar-refractivity contribution in [2.24, 2.45) is 5.41 Å². The molecule has 0 aromatic heterocycles. The molecule has 2 aliphatic rings. The molecular formula is C14H23NO4S. The zero-order valence-electron chi connectivity index (χ0n) is 12.3. The minimum absolute atomic E-state index is 0.0306. The van der Waals surface area contributed by atoms with Crippen LogP contribution in [0, 0.1) is 5.41 Å². The Morgan fingerprint density at radius 1 is 1.35 bits per heavy atom. The first-order chi connectivity index (χ1) is 9.19. The highest BCUT2D eigenvalue weighted by molar-refractivity contribution is 8.00. The number of carboxylic acids is 1. The summed E-state index contributed by atoms with van der Waals surface area (Å²) in [6, 6.07) is 0. The van der Waals surface area contributed by atoms with Gasteiger partial charge in [-0.25, -0.2) is 4.79 Å². The minimum atomic E-state index is -0.702. The molecule has 1 heterocycles. The van der Waals surface area contributed by atoms with Gasteiger partial charge in [0, 0.05) is 18.3 Å². The van der Waals surface area contributed by atoms with Gasteiger partial charge in [0.15, 0.2) is 0 Å². The van der Waals surface area contributed by atoms with Crippen molar-refractivity contribution >= 4 is 23.8 Å². The first-order valence-electron chi connectivity index (χ1n) is 7.00. The van der Waals surface area contributed by atoms with E-state index in [0.717, 1.165) is 18.6 Å². The van der Waals surface area contributed by atoms with Gasteiger partial charge in [-0.15, -0.1) is 0 Å². The van der Waals surface area contributed by atoms with Crippen molar-refractivity contribution in [3.8, 4) is 0 Å². The summed E-state index contributed by atoms with van der Waals surface area (Å²) in [7, 11) is 0. The lowest BCUT2D eigenvalue weighted by Crippen LogP contribution is -2.53. The molecule has 6 heteroatoms. The van der Waals surface area contributed by atoms with E-state index in [2.05, 4.69) is 0 Å². The number of carbonyl (C=O) groups excluding carboxylic acids is 1. The van der Waals surface area contributed by atoms with Crippen molar-refractivity contribution in [1.29, 1.82) is 0 Å². The summed E-state index contributed by atoms with van der Waals surface area (Å²) in [5.41, 5.74) is -0.419. The van der Waals surface area contributed by atoms with Gasteiger partial charge in [-0.2, -0.15) is 11.8 Å². The van der Waals surface area contributed by atoms with Crippen molar-refractivity contribution in [2.75, 3.05) is 18.8 Å². The molecule has 0 radical (unpaired) electrons. The van der Waals surface area contributed by atoms with Gasteiger partial charge in [0.25, 0.3) is 0 Å². The number of carbonyl (C=O) groups is 2. The molecule has 2 fully saturated rings. The number of carboxylic acid groups (broad SMARTS) is 1. The monoisotopic (exact) mass is 301 g/mol. The fraction of sp³-hybridized carbons (Fsp3) is 0.857. The van der Waals surface area contributed by atoms with Crippen LogP contribution in [0.1, 0.15) is 40.0 Å². The Hall–Kier alpha value is -0.910. The van der Waals surface area contributed by atoms with Crippen LogP contribution >= 0.6 is 11.8 Å². The summed E-state index contributed by atoms with van der Waals surface area (Å²) in [6.45, 7) is 7.00. The van der Waals surface area contributed by atoms with Gasteiger partial charge >= 0.3 is 12.1 Å². The molecule has 1 aliphatic carbocycles. The average Bonchev–Trinajstić information content (AvgIpc) is 2.91. The largest absolute Gasteiger partial charge is 0.481 e. The second-order valence-corrected chi connectivity index (χ2v) is 8.18. The molecule has 0 aromatic rings. The normalized spacial score (nSPS) is 21.2. The van der Waals surface area contributed by atoms with Gasteiger partial charge in [-0.05, 0) is 44.8 Å². The lowest BCUT2D eigenvalue weighted by atomic mass is 10.1. The molecule has 114 valence electrons. The molecule has 0 spiro atoms. The second kappa shape index (κ2) is 5.47. The lowest BCUT2D eigenvalue weighted by Gasteiger charge is -2.39. The Bertz CT molecular complexity index is 394. The molecule has 0 atom stereocenters. The van der Waals surface area contributed by atoms with Crippen LogP contribution in [0.2, 0.25) is 0 Å². The molecule has 5 nitrogen and oxygen atoms in total. The van der Waals surface area contributed by atoms with Crippen LogP contribution < -0.4 is 0 Å². The summed E-state index contributed by atoms with van der Waals surface area (Å²) in [4.78, 5) is 24.2. The number of hydrogen-bond acceptors (Lipinski definition) is 4. The topological polar surface area (TPSA) is 66.8 Å². The molecule has 0 aromatic carbocycles. The molecule has 1 N–H and O–H groups in total. The Balaban J connectivity index is 1.65. The fourth-order valence-electron chi connectivity index (χ4n) is 2.18. The van der Waals surface area contributed by atoms with E-state index in [1.165, 1.54) is 0 Å². The van der Waals surface area contributed by atoms with Crippen LogP contribution in [-0.4, -0.2) is 51.8 Å². The van der Waals surface area contributed by atoms with E-state index >= 15 is 0 Å². The number of thioether (sulfide) groups is 1. The Morgan fingerprint density at radius 3 is 2.40 bits per heavy atom. The minimum Gasteiger partial charge on any atom is -0.481 e. The Labute approximate surface area is 124 Å². The van der Waals surface area contributed by atoms with Crippen LogP contribution in [0.3, 0.4) is 0 Å². The third-order valence-electron chi connectivity index (χ3n) is 3.61. The number of nitrogens with zero attached hydrogens (tertiary/aromatic N) is 1. The smallest absolute Gasteiger partial charge is 0.410 e. The van der Waals surface area contributed by atoms with Gasteiger partial charge in [0.2, 0.25) is 0 Å². The number of rotatable bonds is 5. The van der Waals surface area contributed by atoms with Gasteiger partial charge in [0.05, 0.1) is 6.42 Å². The van der Waals surface area contributed by atoms with Gasteiger partial charge in [-0.1, -0.05) is 0 Å². The van der Waals surface area contributed by atoms with Gasteiger partial charge in [-0.3, -0.25) is 4.79 Å². The van der Waals surface area contributed by atoms with Gasteiger partial charge < -0.3 is 14.7 Å². The molecule has 1 saturated heterocycles. The highest BCUT2D eigenvalue weighted by Crippen LogP contribution is 2.51. The van der Waals surface area contributed by atoms with E-state index in [1.807, 2.05) is 20.8 Å². The summed E-state index contributed by atoms with van der Waals surface area (Å²) in [5, 5.41) is 9.29. The predicted molar refractivity (Wildman–Crippen MR) is 78.0 cm³/mol. The van der Waals surface area contributed by atoms with E-state index in [4.69, 9.17) is 9.84 Å². The van der Waals surface area contributed by atoms with Crippen molar-refractivity contribution in [1.82, 2.24) is 4.90 Å². The molecule has 20 heavy (non-hydrogen) atoms. The van der Waals surface area contributed by atoms with Crippen LogP contribution in [0.15, 0.2) is 0 Å². The van der Waals surface area contributed by atoms with E-state index in [0.29, 0.717) is 18.3 Å². The number of hydrogen-bond donors (Lipinski definition) is 1. The van der Waals surface area contributed by atoms with E-state index in [1.54, 1.807) is 16.7 Å². The molecule has 1 saturated carbocycles. The summed E-state index contributed by atoms with van der Waals surface area (Å²) >= 11 is 1.80. The first kappa shape index (κ1) is 15.5. The predicted octanol–water partition coefficient (Wildman–Crippen LogP) is 2.59. The van der Waals surface area contributed by atoms with Crippen LogP contribution in [0.4, 0.5) is 4.79 Å². The Kier molecular flexibility index (Phi) is 4.23. The highest BCUT2D eigenvalue weighted by Gasteiger charge is 2.45. The molecular weight excluding hydrogens is 278 g/mol. The maximum Gasteiger partial charge on any atom is 0.410 e. The fourth-order valence-corrected chi connectivity index (χ4v) is 3.73. The number of likely N-dealkylation sites (tertiary alicyclic amines) is 1. The third-order valence-corrected chi connectivity index (χ3v) is 5.16. The molecule has 0 bridgehead atoms. The Morgan fingerprint density at radius 2 is 1.95 bits per heavy atom.